The summed E-state index contributed by atoms with van der Waals surface area (Å²) in [7, 11) is -8.18. The van der Waals surface area contributed by atoms with Gasteiger partial charge in [0.25, 0.3) is 0 Å². The molecule has 2 heterocycles. The summed E-state index contributed by atoms with van der Waals surface area (Å²) >= 11 is 0. The standard InChI is InChI=1S/CH2O8P2/c2-10(3)6-1(7-10)8-11(4,5)9-1/h(H,2,3)(H,4,5). The maximum absolute atomic E-state index is 10.3. The second kappa shape index (κ2) is 1.76. The molecule has 11 heavy (non-hydrogen) atoms. The zero-order valence-corrected chi connectivity index (χ0v) is 6.53. The van der Waals surface area contributed by atoms with E-state index in [1.54, 1.807) is 0 Å². The first-order valence-electron chi connectivity index (χ1n) is 2.31. The summed E-state index contributed by atoms with van der Waals surface area (Å²) in [6, 6.07) is 0. The molecule has 0 aromatic heterocycles. The van der Waals surface area contributed by atoms with Gasteiger partial charge in [-0.3, -0.25) is 0 Å². The third-order valence-corrected chi connectivity index (χ3v) is 2.73. The van der Waals surface area contributed by atoms with Crippen molar-refractivity contribution < 1.29 is 37.0 Å². The molecular weight excluding hydrogens is 202 g/mol. The highest BCUT2D eigenvalue weighted by atomic mass is 31.2. The zero-order valence-electron chi connectivity index (χ0n) is 4.74. The van der Waals surface area contributed by atoms with E-state index in [2.05, 4.69) is 18.1 Å². The molecule has 2 fully saturated rings. The minimum atomic E-state index is -4.09. The fourth-order valence-corrected chi connectivity index (χ4v) is 2.34. The van der Waals surface area contributed by atoms with E-state index in [1.807, 2.05) is 0 Å². The third-order valence-electron chi connectivity index (χ3n) is 0.909. The van der Waals surface area contributed by atoms with Crippen LogP contribution in [0.5, 0.6) is 0 Å². The van der Waals surface area contributed by atoms with E-state index >= 15 is 0 Å². The largest absolute Gasteiger partial charge is 0.484 e. The number of phosphoric ester groups is 2. The smallest absolute Gasteiger partial charge is 0.302 e. The van der Waals surface area contributed by atoms with Crippen molar-refractivity contribution in [2.24, 2.45) is 0 Å². The maximum atomic E-state index is 10.3. The molecule has 8 nitrogen and oxygen atoms in total. The Morgan fingerprint density at radius 1 is 0.909 bits per heavy atom. The summed E-state index contributed by atoms with van der Waals surface area (Å²) < 4.78 is 36.5. The van der Waals surface area contributed by atoms with Gasteiger partial charge in [0, 0.05) is 0 Å². The second-order valence-corrected chi connectivity index (χ2v) is 4.41. The first-order valence-corrected chi connectivity index (χ1v) is 5.30. The highest BCUT2D eigenvalue weighted by Crippen LogP contribution is 2.75. The molecule has 0 aromatic carbocycles. The van der Waals surface area contributed by atoms with Crippen LogP contribution in [0.1, 0.15) is 0 Å². The van der Waals surface area contributed by atoms with E-state index in [9.17, 15) is 9.13 Å². The summed E-state index contributed by atoms with van der Waals surface area (Å²) in [5.41, 5.74) is 0. The van der Waals surface area contributed by atoms with E-state index < -0.39 is 21.8 Å². The van der Waals surface area contributed by atoms with Crippen LogP contribution >= 0.6 is 15.6 Å². The number of hydrogen-bond donors (Lipinski definition) is 2. The van der Waals surface area contributed by atoms with Crippen molar-refractivity contribution in [1.82, 2.24) is 0 Å². The predicted molar refractivity (Wildman–Crippen MR) is 26.7 cm³/mol. The Bertz CT molecular complexity index is 239. The number of rotatable bonds is 0. The fraction of sp³-hybridized carbons (Fsp3) is 1.00. The van der Waals surface area contributed by atoms with Gasteiger partial charge in [0.2, 0.25) is 0 Å². The zero-order chi connectivity index (χ0) is 8.33. The fourth-order valence-electron chi connectivity index (χ4n) is 0.645. The van der Waals surface area contributed by atoms with Crippen molar-refractivity contribution in [3.05, 3.63) is 0 Å². The topological polar surface area (TPSA) is 112 Å². The molecule has 0 unspecified atom stereocenters. The molecule has 1 spiro atoms. The van der Waals surface area contributed by atoms with Crippen LogP contribution in [-0.4, -0.2) is 15.9 Å². The summed E-state index contributed by atoms with van der Waals surface area (Å²) in [4.78, 5) is 16.7. The van der Waals surface area contributed by atoms with Gasteiger partial charge < -0.3 is 9.79 Å². The minimum absolute atomic E-state index is 2.21. The van der Waals surface area contributed by atoms with Crippen LogP contribution in [-0.2, 0) is 27.2 Å². The monoisotopic (exact) mass is 204 g/mol. The average molecular weight is 204 g/mol. The van der Waals surface area contributed by atoms with Crippen LogP contribution in [0.4, 0.5) is 0 Å². The van der Waals surface area contributed by atoms with Crippen molar-refractivity contribution in [2.75, 3.05) is 0 Å². The molecule has 0 saturated carbocycles. The van der Waals surface area contributed by atoms with Crippen molar-refractivity contribution in [2.45, 2.75) is 6.16 Å². The molecule has 2 rings (SSSR count). The van der Waals surface area contributed by atoms with Crippen LogP contribution in [0.25, 0.3) is 0 Å². The highest BCUT2D eigenvalue weighted by molar-refractivity contribution is 7.50. The third kappa shape index (κ3) is 1.18. The van der Waals surface area contributed by atoms with Gasteiger partial charge in [0.05, 0.1) is 0 Å². The Morgan fingerprint density at radius 3 is 1.36 bits per heavy atom. The molecule has 2 aliphatic heterocycles. The summed E-state index contributed by atoms with van der Waals surface area (Å²) in [5.74, 6) is 0. The van der Waals surface area contributed by atoms with Gasteiger partial charge >= 0.3 is 21.8 Å². The van der Waals surface area contributed by atoms with Gasteiger partial charge in [-0.15, -0.1) is 0 Å². The Hall–Kier alpha value is 0.220. The maximum Gasteiger partial charge on any atom is 0.484 e. The summed E-state index contributed by atoms with van der Waals surface area (Å²) in [6.07, 6.45) is -2.21. The van der Waals surface area contributed by atoms with E-state index in [0.717, 1.165) is 0 Å². The summed E-state index contributed by atoms with van der Waals surface area (Å²) in [5, 5.41) is 0. The minimum Gasteiger partial charge on any atom is -0.302 e. The summed E-state index contributed by atoms with van der Waals surface area (Å²) in [6.45, 7) is 0. The van der Waals surface area contributed by atoms with Gasteiger partial charge in [0.15, 0.2) is 0 Å². The van der Waals surface area contributed by atoms with Crippen LogP contribution in [0.15, 0.2) is 0 Å². The first-order chi connectivity index (χ1) is 4.83. The molecule has 2 aliphatic rings. The second-order valence-electron chi connectivity index (χ2n) is 1.80. The van der Waals surface area contributed by atoms with Crippen LogP contribution in [0, 0.1) is 0 Å². The van der Waals surface area contributed by atoms with Crippen molar-refractivity contribution in [3.63, 3.8) is 0 Å². The Morgan fingerprint density at radius 2 is 1.18 bits per heavy atom. The molecule has 0 bridgehead atoms. The van der Waals surface area contributed by atoms with E-state index in [4.69, 9.17) is 9.79 Å². The quantitative estimate of drug-likeness (QED) is 0.525. The molecule has 10 heteroatoms. The molecule has 0 radical (unpaired) electrons. The van der Waals surface area contributed by atoms with Gasteiger partial charge in [-0.05, 0) is 0 Å². The average Bonchev–Trinajstić information content (AvgIpc) is 1.52. The van der Waals surface area contributed by atoms with Gasteiger partial charge in [0.1, 0.15) is 0 Å². The van der Waals surface area contributed by atoms with Crippen LogP contribution < -0.4 is 0 Å². The molecule has 0 aliphatic carbocycles. The normalized spacial score (nSPS) is 62.0. The van der Waals surface area contributed by atoms with Gasteiger partial charge in [-0.25, -0.2) is 27.2 Å². The molecule has 2 saturated heterocycles. The lowest BCUT2D eigenvalue weighted by Crippen LogP contribution is -2.52. The van der Waals surface area contributed by atoms with Crippen molar-refractivity contribution in [1.29, 1.82) is 0 Å². The van der Waals surface area contributed by atoms with E-state index in [-0.39, 0.29) is 0 Å². The first kappa shape index (κ1) is 7.85. The Kier molecular flexibility index (Phi) is 1.26. The molecule has 64 valence electrons. The molecule has 0 atom stereocenters. The SMILES string of the molecule is O=P1(O)OC2(O1)OP(=O)(O)O2. The lowest BCUT2D eigenvalue weighted by molar-refractivity contribution is -0.479. The molecule has 2 N–H and O–H groups in total. The van der Waals surface area contributed by atoms with E-state index in [1.165, 1.54) is 0 Å². The van der Waals surface area contributed by atoms with Crippen LogP contribution in [0.2, 0.25) is 0 Å². The lowest BCUT2D eigenvalue weighted by atomic mass is 11.2. The Balaban J connectivity index is 2.03. The van der Waals surface area contributed by atoms with Crippen LogP contribution in [0.3, 0.4) is 0 Å². The molecule has 0 amide bonds. The van der Waals surface area contributed by atoms with E-state index in [0.29, 0.717) is 0 Å². The van der Waals surface area contributed by atoms with Crippen molar-refractivity contribution in [3.8, 4) is 0 Å². The number of hydrogen-bond acceptors (Lipinski definition) is 6. The molecular formula is CH2O8P2. The predicted octanol–water partition coefficient (Wildman–Crippen LogP) is -0.108. The Labute approximate surface area is 59.9 Å². The van der Waals surface area contributed by atoms with Gasteiger partial charge in [-0.1, -0.05) is 0 Å². The lowest BCUT2D eigenvalue weighted by Gasteiger charge is -2.46. The highest BCUT2D eigenvalue weighted by Gasteiger charge is 2.72. The molecule has 0 aromatic rings. The van der Waals surface area contributed by atoms with Crippen molar-refractivity contribution >= 4 is 15.6 Å². The van der Waals surface area contributed by atoms with Gasteiger partial charge in [-0.2, -0.15) is 0 Å². The number of phosphoric acid groups is 2.